The molecule has 3 amide bonds. The van der Waals surface area contributed by atoms with Crippen molar-refractivity contribution in [2.75, 3.05) is 11.9 Å². The van der Waals surface area contributed by atoms with Crippen LogP contribution >= 0.6 is 0 Å². The molecule has 2 aliphatic heterocycles. The molecule has 2 saturated carbocycles. The number of allylic oxidation sites excluding steroid dienone is 1. The number of para-hydroxylation sites is 2. The molecule has 2 aromatic carbocycles. The van der Waals surface area contributed by atoms with E-state index in [1.165, 1.54) is 11.0 Å². The fourth-order valence-electron chi connectivity index (χ4n) is 7.48. The Labute approximate surface area is 303 Å². The number of aromatic nitrogens is 2. The number of ether oxygens (including phenoxy) is 1. The maximum absolute atomic E-state index is 15.0. The van der Waals surface area contributed by atoms with E-state index in [9.17, 15) is 22.8 Å². The molecule has 4 aliphatic rings. The van der Waals surface area contributed by atoms with Crippen LogP contribution in [-0.2, 0) is 24.4 Å². The standard InChI is InChI=1S/C38H47FN6O6S/c1-24(2)45-32-28(39)16-12-18-29(32)41-36(45)51-27-21-31-33(46)42-38(35(48)43-52(49,50)37(3)19-20-37)22-25(38)13-8-5-4-6-11-17-30(34(47)44(31)23-27)40-26-14-9-7-10-15-26/h7-10,12-16,18,24-25,27,30-31,40H,4-6,11,17,19-23H2,1-3H3,(H,42,46)(H,43,48)/t25-,27-,30+,31+,38-/m1/s1. The van der Waals surface area contributed by atoms with Crippen LogP contribution in [0.4, 0.5) is 10.1 Å². The molecule has 2 aliphatic carbocycles. The Morgan fingerprint density at radius 1 is 1.08 bits per heavy atom. The average molecular weight is 735 g/mol. The third-order valence-corrected chi connectivity index (χ3v) is 13.2. The number of sulfonamides is 1. The fourth-order valence-corrected chi connectivity index (χ4v) is 8.79. The van der Waals surface area contributed by atoms with Gasteiger partial charge < -0.3 is 20.3 Å². The molecule has 3 aromatic rings. The summed E-state index contributed by atoms with van der Waals surface area (Å²) in [5, 5.41) is 6.31. The number of anilines is 1. The Balaban J connectivity index is 1.21. The third kappa shape index (κ3) is 6.89. The lowest BCUT2D eigenvalue weighted by Gasteiger charge is -2.30. The fraction of sp³-hybridized carbons (Fsp3) is 0.526. The summed E-state index contributed by atoms with van der Waals surface area (Å²) in [6, 6.07) is 12.4. The van der Waals surface area contributed by atoms with Gasteiger partial charge in [-0.1, -0.05) is 49.3 Å². The molecular formula is C38H47FN6O6S. The van der Waals surface area contributed by atoms with Crippen LogP contribution in [0.25, 0.3) is 11.0 Å². The number of nitrogens with one attached hydrogen (secondary N) is 3. The quantitative estimate of drug-likeness (QED) is 0.274. The zero-order valence-corrected chi connectivity index (χ0v) is 30.6. The second-order valence-corrected chi connectivity index (χ2v) is 17.4. The summed E-state index contributed by atoms with van der Waals surface area (Å²) < 4.78 is 50.7. The number of hydrogen-bond donors (Lipinski definition) is 3. The van der Waals surface area contributed by atoms with E-state index in [2.05, 4.69) is 20.3 Å². The van der Waals surface area contributed by atoms with Gasteiger partial charge in [-0.2, -0.15) is 4.98 Å². The largest absolute Gasteiger partial charge is 0.459 e. The van der Waals surface area contributed by atoms with Crippen molar-refractivity contribution in [1.82, 2.24) is 24.5 Å². The van der Waals surface area contributed by atoms with Gasteiger partial charge in [0.1, 0.15) is 35.1 Å². The second-order valence-electron chi connectivity index (χ2n) is 15.2. The predicted octanol–water partition coefficient (Wildman–Crippen LogP) is 4.98. The maximum Gasteiger partial charge on any atom is 0.298 e. The number of carbonyl (C=O) groups is 3. The first-order valence-electron chi connectivity index (χ1n) is 18.3. The highest BCUT2D eigenvalue weighted by atomic mass is 32.2. The molecule has 1 aromatic heterocycles. The highest BCUT2D eigenvalue weighted by Crippen LogP contribution is 2.47. The maximum atomic E-state index is 15.0. The van der Waals surface area contributed by atoms with E-state index in [4.69, 9.17) is 4.74 Å². The van der Waals surface area contributed by atoms with Crippen molar-refractivity contribution in [3.8, 4) is 6.01 Å². The molecule has 1 saturated heterocycles. The van der Waals surface area contributed by atoms with Crippen LogP contribution in [0.2, 0.25) is 0 Å². The number of hydrogen-bond acceptors (Lipinski definition) is 8. The van der Waals surface area contributed by atoms with E-state index in [-0.39, 0.29) is 37.3 Å². The van der Waals surface area contributed by atoms with Crippen LogP contribution in [0.15, 0.2) is 60.7 Å². The van der Waals surface area contributed by atoms with E-state index >= 15 is 4.39 Å². The summed E-state index contributed by atoms with van der Waals surface area (Å²) in [7, 11) is -3.97. The lowest BCUT2D eigenvalue weighted by molar-refractivity contribution is -0.140. The van der Waals surface area contributed by atoms with Gasteiger partial charge in [0.2, 0.25) is 21.8 Å². The molecule has 52 heavy (non-hydrogen) atoms. The Kier molecular flexibility index (Phi) is 9.55. The molecule has 0 radical (unpaired) electrons. The Hall–Kier alpha value is -4.46. The van der Waals surface area contributed by atoms with Gasteiger partial charge >= 0.3 is 0 Å². The zero-order chi connectivity index (χ0) is 36.8. The van der Waals surface area contributed by atoms with E-state index in [0.29, 0.717) is 30.3 Å². The molecule has 3 fully saturated rings. The van der Waals surface area contributed by atoms with Crippen molar-refractivity contribution in [3.05, 3.63) is 66.5 Å². The van der Waals surface area contributed by atoms with E-state index in [1.807, 2.05) is 56.3 Å². The lowest BCUT2D eigenvalue weighted by atomic mass is 10.0. The van der Waals surface area contributed by atoms with Crippen LogP contribution < -0.4 is 20.1 Å². The number of halogens is 1. The van der Waals surface area contributed by atoms with Gasteiger partial charge in [0.05, 0.1) is 16.8 Å². The first-order chi connectivity index (χ1) is 24.8. The molecule has 3 N–H and O–H groups in total. The van der Waals surface area contributed by atoms with Crippen LogP contribution in [0.5, 0.6) is 6.01 Å². The van der Waals surface area contributed by atoms with Crippen molar-refractivity contribution >= 4 is 44.5 Å². The van der Waals surface area contributed by atoms with Crippen LogP contribution in [0.1, 0.15) is 84.6 Å². The van der Waals surface area contributed by atoms with Gasteiger partial charge in [-0.05, 0) is 83.6 Å². The third-order valence-electron chi connectivity index (χ3n) is 11.0. The van der Waals surface area contributed by atoms with Crippen LogP contribution in [0.3, 0.4) is 0 Å². The van der Waals surface area contributed by atoms with Gasteiger partial charge in [0.15, 0.2) is 0 Å². The topological polar surface area (TPSA) is 152 Å². The number of benzene rings is 2. The molecule has 0 spiro atoms. The molecule has 14 heteroatoms. The van der Waals surface area contributed by atoms with Crippen molar-refractivity contribution in [2.24, 2.45) is 5.92 Å². The summed E-state index contributed by atoms with van der Waals surface area (Å²) in [6.07, 6.45) is 8.19. The normalized spacial score (nSPS) is 27.6. The highest BCUT2D eigenvalue weighted by Gasteiger charge is 2.63. The predicted molar refractivity (Wildman–Crippen MR) is 194 cm³/mol. The summed E-state index contributed by atoms with van der Waals surface area (Å²) in [5.74, 6) is -2.48. The highest BCUT2D eigenvalue weighted by molar-refractivity contribution is 7.91. The van der Waals surface area contributed by atoms with Gasteiger partial charge in [0.25, 0.3) is 11.9 Å². The van der Waals surface area contributed by atoms with E-state index in [1.54, 1.807) is 23.6 Å². The zero-order valence-electron chi connectivity index (χ0n) is 29.8. The Morgan fingerprint density at radius 2 is 1.85 bits per heavy atom. The number of nitrogens with zero attached hydrogens (tertiary/aromatic N) is 3. The average Bonchev–Trinajstić information content (AvgIpc) is 3.92. The number of rotatable bonds is 8. The Bertz CT molecular complexity index is 2000. The van der Waals surface area contributed by atoms with Crippen molar-refractivity contribution < 1.29 is 31.9 Å². The minimum atomic E-state index is -3.97. The van der Waals surface area contributed by atoms with Crippen molar-refractivity contribution in [1.29, 1.82) is 0 Å². The Morgan fingerprint density at radius 3 is 2.58 bits per heavy atom. The molecule has 12 nitrogen and oxygen atoms in total. The monoisotopic (exact) mass is 734 g/mol. The molecule has 5 atom stereocenters. The van der Waals surface area contributed by atoms with Crippen molar-refractivity contribution in [3.63, 3.8) is 0 Å². The van der Waals surface area contributed by atoms with E-state index in [0.717, 1.165) is 31.4 Å². The minimum Gasteiger partial charge on any atom is -0.459 e. The van der Waals surface area contributed by atoms with Gasteiger partial charge in [-0.3, -0.25) is 23.7 Å². The first-order valence-corrected chi connectivity index (χ1v) is 19.8. The van der Waals surface area contributed by atoms with Crippen molar-refractivity contribution in [2.45, 2.75) is 113 Å². The number of fused-ring (bicyclic) bond motifs is 3. The number of imidazole rings is 1. The summed E-state index contributed by atoms with van der Waals surface area (Å²) >= 11 is 0. The summed E-state index contributed by atoms with van der Waals surface area (Å²) in [4.78, 5) is 48.9. The molecule has 0 unspecified atom stereocenters. The second kappa shape index (κ2) is 13.8. The molecule has 0 bridgehead atoms. The molecule has 3 heterocycles. The van der Waals surface area contributed by atoms with Crippen LogP contribution in [-0.4, -0.2) is 75.6 Å². The van der Waals surface area contributed by atoms with Gasteiger partial charge in [-0.15, -0.1) is 0 Å². The first kappa shape index (κ1) is 35.9. The number of amides is 3. The van der Waals surface area contributed by atoms with Gasteiger partial charge in [0, 0.05) is 24.1 Å². The molecular weight excluding hydrogens is 688 g/mol. The summed E-state index contributed by atoms with van der Waals surface area (Å²) in [6.45, 7) is 5.43. The smallest absolute Gasteiger partial charge is 0.298 e. The molecule has 7 rings (SSSR count). The molecule has 278 valence electrons. The van der Waals surface area contributed by atoms with Gasteiger partial charge in [-0.25, -0.2) is 12.8 Å². The van der Waals surface area contributed by atoms with E-state index < -0.39 is 62.0 Å². The van der Waals surface area contributed by atoms with Crippen LogP contribution in [0, 0.1) is 11.7 Å². The summed E-state index contributed by atoms with van der Waals surface area (Å²) in [5.41, 5.74) is 0.0136. The lowest BCUT2D eigenvalue weighted by Crippen LogP contribution is -2.58. The SMILES string of the molecule is CC(C)n1c(O[C@@H]2C[C@H]3C(=O)N[C@]4(C(=O)NS(=O)(=O)C5(C)CC5)C[C@H]4C=CCCCCC[C@H](Nc4ccccc4)C(=O)N3C2)nc2cccc(F)c21. The number of carbonyl (C=O) groups excluding carboxylic acids is 3. The minimum absolute atomic E-state index is 0.0446.